The van der Waals surface area contributed by atoms with Gasteiger partial charge in [0.1, 0.15) is 0 Å². The highest BCUT2D eigenvalue weighted by atomic mass is 79.9. The summed E-state index contributed by atoms with van der Waals surface area (Å²) in [6.07, 6.45) is 0.913. The monoisotopic (exact) mass is 322 g/mol. The van der Waals surface area contributed by atoms with Crippen LogP contribution in [0.15, 0.2) is 46.9 Å². The third-order valence-corrected chi connectivity index (χ3v) is 3.99. The molecule has 92 valence electrons. The largest absolute Gasteiger partial charge is 0.0840 e. The van der Waals surface area contributed by atoms with E-state index in [4.69, 9.17) is 14.3 Å². The maximum absolute atomic E-state index is 8.40. The highest BCUT2D eigenvalue weighted by Gasteiger charge is 2.22. The minimum atomic E-state index is -1.59. The first-order valence-corrected chi connectivity index (χ1v) is 7.21. The van der Waals surface area contributed by atoms with Gasteiger partial charge in [0.25, 0.3) is 0 Å². The van der Waals surface area contributed by atoms with Gasteiger partial charge in [0, 0.05) is 12.2 Å². The molecule has 2 aromatic carbocycles. The molecular weight excluding hydrogens is 308 g/mol. The molecule has 18 heavy (non-hydrogen) atoms. The summed E-state index contributed by atoms with van der Waals surface area (Å²) >= 11 is 9.54. The van der Waals surface area contributed by atoms with E-state index in [-0.39, 0.29) is 0 Å². The van der Waals surface area contributed by atoms with Crippen molar-refractivity contribution in [3.63, 3.8) is 0 Å². The fraction of sp³-hybridized carbons (Fsp3) is 0.250. The van der Waals surface area contributed by atoms with Gasteiger partial charge in [0.05, 0.1) is 0 Å². The molecule has 1 fully saturated rings. The van der Waals surface area contributed by atoms with Crippen molar-refractivity contribution in [1.29, 1.82) is 0 Å². The zero-order valence-electron chi connectivity index (χ0n) is 11.8. The lowest BCUT2D eigenvalue weighted by molar-refractivity contribution is 1.11. The van der Waals surface area contributed by atoms with Crippen LogP contribution in [0.4, 0.5) is 0 Å². The van der Waals surface area contributed by atoms with Crippen LogP contribution in [-0.4, -0.2) is 0 Å². The molecule has 0 aliphatic heterocycles. The molecule has 0 atom stereocenters. The summed E-state index contributed by atoms with van der Waals surface area (Å²) in [6.45, 7) is 0. The molecule has 1 aliphatic carbocycles. The molecule has 0 heterocycles. The first-order chi connectivity index (χ1) is 9.48. The summed E-state index contributed by atoms with van der Waals surface area (Å²) in [5.74, 6) is 0.685. The van der Waals surface area contributed by atoms with Gasteiger partial charge >= 0.3 is 0 Å². The van der Waals surface area contributed by atoms with Crippen LogP contribution < -0.4 is 0 Å². The van der Waals surface area contributed by atoms with Gasteiger partial charge in [-0.1, -0.05) is 51.8 Å². The molecule has 0 nitrogen and oxygen atoms in total. The zero-order valence-corrected chi connectivity index (χ0v) is 12.1. The molecule has 0 amide bonds. The molecule has 2 heteroatoms. The zero-order chi connectivity index (χ0) is 14.3. The Kier molecular flexibility index (Phi) is 2.83. The van der Waals surface area contributed by atoms with E-state index in [1.165, 1.54) is 18.4 Å². The summed E-state index contributed by atoms with van der Waals surface area (Å²) in [5.41, 5.74) is 2.44. The van der Waals surface area contributed by atoms with Crippen LogP contribution >= 0.6 is 27.5 Å². The Morgan fingerprint density at radius 1 is 1.17 bits per heavy atom. The lowest BCUT2D eigenvalue weighted by Gasteiger charge is -2.06. The second-order valence-corrected chi connectivity index (χ2v) is 5.97. The number of hydrogen-bond acceptors (Lipinski definition) is 0. The van der Waals surface area contributed by atoms with Crippen LogP contribution in [0.25, 0.3) is 0 Å². The Labute approximate surface area is 124 Å². The molecule has 2 aromatic rings. The fourth-order valence-corrected chi connectivity index (χ4v) is 2.53. The maximum atomic E-state index is 8.40. The normalized spacial score (nSPS) is 17.2. The second kappa shape index (κ2) is 5.07. The molecule has 0 unspecified atom stereocenters. The van der Waals surface area contributed by atoms with E-state index in [9.17, 15) is 0 Å². The third kappa shape index (κ3) is 2.78. The topological polar surface area (TPSA) is 0 Å². The van der Waals surface area contributed by atoms with Gasteiger partial charge in [0.15, 0.2) is 0 Å². The van der Waals surface area contributed by atoms with Gasteiger partial charge in [-0.05, 0) is 60.0 Å². The molecule has 0 spiro atoms. The van der Waals surface area contributed by atoms with Crippen LogP contribution in [0, 0.1) is 0 Å². The van der Waals surface area contributed by atoms with Crippen LogP contribution in [0.3, 0.4) is 0 Å². The quantitative estimate of drug-likeness (QED) is 0.692. The lowest BCUT2D eigenvalue weighted by atomic mass is 10.0. The number of benzene rings is 2. The summed E-state index contributed by atoms with van der Waals surface area (Å²) in [6, 6.07) is 13.1. The van der Waals surface area contributed by atoms with E-state index in [1.54, 1.807) is 12.1 Å². The van der Waals surface area contributed by atoms with Crippen LogP contribution in [-0.2, 0) is 6.37 Å². The van der Waals surface area contributed by atoms with Gasteiger partial charge in [-0.25, -0.2) is 0 Å². The standard InChI is InChI=1S/C16H14BrCl/c17-15-7-8-16(18)14(10-15)9-11-1-3-12(4-2-11)13-5-6-13/h1-4,7-8,10,13H,5-6,9H2/i9D2. The van der Waals surface area contributed by atoms with Gasteiger partial charge in [-0.2, -0.15) is 0 Å². The Hall–Kier alpha value is -0.790. The molecule has 1 saturated carbocycles. The van der Waals surface area contributed by atoms with Gasteiger partial charge in [-0.3, -0.25) is 0 Å². The highest BCUT2D eigenvalue weighted by molar-refractivity contribution is 9.10. The molecule has 0 aromatic heterocycles. The van der Waals surface area contributed by atoms with Crippen molar-refractivity contribution < 1.29 is 2.74 Å². The average Bonchev–Trinajstić information content (AvgIpc) is 3.26. The third-order valence-electron chi connectivity index (χ3n) is 3.17. The van der Waals surface area contributed by atoms with Crippen LogP contribution in [0.1, 0.15) is 38.2 Å². The molecular formula is C16H14BrCl. The summed E-state index contributed by atoms with van der Waals surface area (Å²) in [7, 11) is 0. The van der Waals surface area contributed by atoms with E-state index in [0.29, 0.717) is 22.1 Å². The minimum Gasteiger partial charge on any atom is -0.0840 e. The lowest BCUT2D eigenvalue weighted by Crippen LogP contribution is -1.90. The first-order valence-electron chi connectivity index (χ1n) is 7.04. The molecule has 0 saturated heterocycles. The molecule has 0 bridgehead atoms. The molecule has 1 aliphatic rings. The van der Waals surface area contributed by atoms with E-state index in [2.05, 4.69) is 15.9 Å². The van der Waals surface area contributed by atoms with Crippen molar-refractivity contribution in [2.45, 2.75) is 25.1 Å². The van der Waals surface area contributed by atoms with E-state index < -0.39 is 6.37 Å². The predicted octanol–water partition coefficient (Wildman–Crippen LogP) is 5.57. The molecule has 0 N–H and O–H groups in total. The maximum Gasteiger partial charge on any atom is 0.0442 e. The number of hydrogen-bond donors (Lipinski definition) is 0. The fourth-order valence-electron chi connectivity index (χ4n) is 2.00. The number of rotatable bonds is 3. The van der Waals surface area contributed by atoms with Crippen molar-refractivity contribution in [1.82, 2.24) is 0 Å². The summed E-state index contributed by atoms with van der Waals surface area (Å²) < 4.78 is 17.6. The highest BCUT2D eigenvalue weighted by Crippen LogP contribution is 2.40. The minimum absolute atomic E-state index is 0.449. The molecule has 0 radical (unpaired) electrons. The Morgan fingerprint density at radius 2 is 1.89 bits per heavy atom. The van der Waals surface area contributed by atoms with Crippen LogP contribution in [0.5, 0.6) is 0 Å². The van der Waals surface area contributed by atoms with Crippen molar-refractivity contribution >= 4 is 27.5 Å². The van der Waals surface area contributed by atoms with E-state index >= 15 is 0 Å². The molecule has 3 rings (SSSR count). The smallest absolute Gasteiger partial charge is 0.0442 e. The van der Waals surface area contributed by atoms with Crippen molar-refractivity contribution in [3.8, 4) is 0 Å². The van der Waals surface area contributed by atoms with E-state index in [1.807, 2.05) is 30.3 Å². The van der Waals surface area contributed by atoms with Crippen LogP contribution in [0.2, 0.25) is 5.02 Å². The van der Waals surface area contributed by atoms with Crippen molar-refractivity contribution in [2.75, 3.05) is 0 Å². The summed E-state index contributed by atoms with van der Waals surface area (Å²) in [4.78, 5) is 0. The van der Waals surface area contributed by atoms with Gasteiger partial charge < -0.3 is 0 Å². The Balaban J connectivity index is 1.99. The van der Waals surface area contributed by atoms with Gasteiger partial charge in [-0.15, -0.1) is 0 Å². The average molecular weight is 324 g/mol. The Morgan fingerprint density at radius 3 is 2.56 bits per heavy atom. The predicted molar refractivity (Wildman–Crippen MR) is 80.4 cm³/mol. The van der Waals surface area contributed by atoms with Gasteiger partial charge in [0.2, 0.25) is 0 Å². The SMILES string of the molecule is [2H]C([2H])(c1ccc(C2CC2)cc1)c1cc(Br)ccc1Cl. The van der Waals surface area contributed by atoms with E-state index in [0.717, 1.165) is 4.47 Å². The van der Waals surface area contributed by atoms with Crippen molar-refractivity contribution in [2.24, 2.45) is 0 Å². The van der Waals surface area contributed by atoms with Crippen molar-refractivity contribution in [3.05, 3.63) is 68.7 Å². The second-order valence-electron chi connectivity index (χ2n) is 4.65. The number of halogens is 2. The Bertz CT molecular complexity index is 633. The summed E-state index contributed by atoms with van der Waals surface area (Å²) in [5, 5.41) is 0.449. The first kappa shape index (κ1) is 10.1.